The van der Waals surface area contributed by atoms with Gasteiger partial charge < -0.3 is 10.1 Å². The van der Waals surface area contributed by atoms with Gasteiger partial charge in [0.05, 0.1) is 24.2 Å². The highest BCUT2D eigenvalue weighted by atomic mass is 35.5. The van der Waals surface area contributed by atoms with Crippen LogP contribution < -0.4 is 10.2 Å². The topological polar surface area (TPSA) is 102 Å². The summed E-state index contributed by atoms with van der Waals surface area (Å²) >= 11 is 5.83. The second-order valence-electron chi connectivity index (χ2n) is 7.92. The van der Waals surface area contributed by atoms with Crippen molar-refractivity contribution in [1.29, 1.82) is 0 Å². The zero-order chi connectivity index (χ0) is 26.6. The lowest BCUT2D eigenvalue weighted by molar-refractivity contribution is -0.181. The Balaban J connectivity index is 1.77. The van der Waals surface area contributed by atoms with E-state index in [0.29, 0.717) is 11.0 Å². The quantitative estimate of drug-likeness (QED) is 0.379. The summed E-state index contributed by atoms with van der Waals surface area (Å²) in [6.07, 6.45) is -8.84. The van der Waals surface area contributed by atoms with Crippen molar-refractivity contribution in [2.24, 2.45) is 0 Å². The minimum absolute atomic E-state index is 0.000450. The molecule has 4 rings (SSSR count). The lowest BCUT2D eigenvalue weighted by Crippen LogP contribution is -2.46. The van der Waals surface area contributed by atoms with E-state index in [4.69, 9.17) is 11.6 Å². The van der Waals surface area contributed by atoms with Crippen LogP contribution in [0.25, 0.3) is 5.65 Å². The Morgan fingerprint density at radius 2 is 1.89 bits per heavy atom. The molecule has 1 aliphatic rings. The van der Waals surface area contributed by atoms with Crippen LogP contribution in [-0.4, -0.2) is 50.9 Å². The van der Waals surface area contributed by atoms with Gasteiger partial charge in [0, 0.05) is 18.3 Å². The predicted octanol–water partition coefficient (Wildman–Crippen LogP) is 4.85. The minimum atomic E-state index is -4.99. The number of aromatic nitrogens is 4. The van der Waals surface area contributed by atoms with Gasteiger partial charge in [-0.2, -0.15) is 31.4 Å². The van der Waals surface area contributed by atoms with E-state index in [1.165, 1.54) is 13.0 Å². The number of alkyl halides is 6. The molecule has 2 amide bonds. The van der Waals surface area contributed by atoms with Crippen LogP contribution in [0.1, 0.15) is 35.7 Å². The van der Waals surface area contributed by atoms with Gasteiger partial charge in [-0.15, -0.1) is 0 Å². The highest BCUT2D eigenvalue weighted by Gasteiger charge is 2.60. The molecule has 0 aromatic carbocycles. The van der Waals surface area contributed by atoms with Crippen molar-refractivity contribution in [3.05, 3.63) is 46.6 Å². The number of anilines is 2. The smallest absolute Gasteiger partial charge is 0.433 e. The fourth-order valence-electron chi connectivity index (χ4n) is 3.74. The fraction of sp³-hybridized carbons (Fsp3) is 0.350. The molecular formula is C20H15ClF6N6O3. The minimum Gasteiger partial charge on any atom is -0.461 e. The van der Waals surface area contributed by atoms with E-state index in [-0.39, 0.29) is 23.1 Å². The number of carbonyl (C=O) groups is 2. The van der Waals surface area contributed by atoms with Crippen molar-refractivity contribution >= 4 is 40.6 Å². The number of rotatable bonds is 3. The number of nitrogens with zero attached hydrogens (tertiary/aromatic N) is 5. The Morgan fingerprint density at radius 3 is 2.50 bits per heavy atom. The summed E-state index contributed by atoms with van der Waals surface area (Å²) in [6.45, 7) is 1.19. The number of nitrogens with one attached hydrogen (secondary N) is 1. The first kappa shape index (κ1) is 25.5. The van der Waals surface area contributed by atoms with E-state index < -0.39 is 59.1 Å². The molecule has 0 fully saturated rings. The molecule has 0 radical (unpaired) electrons. The molecule has 0 saturated carbocycles. The molecule has 1 N–H and O–H groups in total. The van der Waals surface area contributed by atoms with Crippen molar-refractivity contribution in [2.45, 2.75) is 31.6 Å². The highest BCUT2D eigenvalue weighted by Crippen LogP contribution is 2.50. The molecule has 4 heterocycles. The monoisotopic (exact) mass is 536 g/mol. The molecule has 192 valence electrons. The third kappa shape index (κ3) is 4.27. The summed E-state index contributed by atoms with van der Waals surface area (Å²) in [6, 6.07) is 1.28. The Hall–Kier alpha value is -3.62. The summed E-state index contributed by atoms with van der Waals surface area (Å²) in [7, 11) is 0. The largest absolute Gasteiger partial charge is 0.461 e. The molecule has 16 heteroatoms. The van der Waals surface area contributed by atoms with Crippen LogP contribution >= 0.6 is 11.6 Å². The van der Waals surface area contributed by atoms with Crippen molar-refractivity contribution in [3.63, 3.8) is 0 Å². The van der Waals surface area contributed by atoms with Gasteiger partial charge in [-0.1, -0.05) is 11.6 Å². The number of ether oxygens (including phenoxy) is 1. The number of amides is 2. The number of hydrogen-bond acceptors (Lipinski definition) is 6. The molecule has 0 unspecified atom stereocenters. The molecule has 36 heavy (non-hydrogen) atoms. The van der Waals surface area contributed by atoms with Gasteiger partial charge in [0.15, 0.2) is 16.5 Å². The maximum Gasteiger partial charge on any atom is 0.433 e. The van der Waals surface area contributed by atoms with Crippen LogP contribution in [-0.2, 0) is 16.3 Å². The average molecular weight is 537 g/mol. The summed E-state index contributed by atoms with van der Waals surface area (Å²) in [5, 5.41) is 5.81. The maximum atomic E-state index is 14.2. The predicted molar refractivity (Wildman–Crippen MR) is 113 cm³/mol. The van der Waals surface area contributed by atoms with Crippen molar-refractivity contribution in [1.82, 2.24) is 19.6 Å². The zero-order valence-corrected chi connectivity index (χ0v) is 19.1. The molecule has 9 nitrogen and oxygen atoms in total. The summed E-state index contributed by atoms with van der Waals surface area (Å²) in [5.74, 6) is -1.18. The third-order valence-electron chi connectivity index (χ3n) is 5.44. The Kier molecular flexibility index (Phi) is 6.01. The average Bonchev–Trinajstić information content (AvgIpc) is 3.30. The van der Waals surface area contributed by atoms with Gasteiger partial charge in [-0.3, -0.25) is 4.90 Å². The standard InChI is InChI=1S/C20H15ClF6N6O3/c1-3-36-16(34)10-4-9(5-12(30-10)19(22,23)24)29-17(35)32-8-18(2,20(25,26)27)15-11(32)7-28-14-6-13(21)31-33(14)15/h4-7H,3,8H2,1-2H3,(H,29,30,35)/t18-/m1/s1. The number of urea groups is 1. The first-order valence-electron chi connectivity index (χ1n) is 10.1. The van der Waals surface area contributed by atoms with Gasteiger partial charge >= 0.3 is 24.4 Å². The van der Waals surface area contributed by atoms with E-state index in [1.54, 1.807) is 0 Å². The van der Waals surface area contributed by atoms with Crippen LogP contribution in [0.15, 0.2) is 24.4 Å². The molecule has 3 aromatic heterocycles. The molecule has 0 aliphatic carbocycles. The summed E-state index contributed by atoms with van der Waals surface area (Å²) in [5.41, 5.74) is -6.14. The van der Waals surface area contributed by atoms with Gasteiger partial charge in [-0.25, -0.2) is 24.1 Å². The Morgan fingerprint density at radius 1 is 1.19 bits per heavy atom. The number of halogens is 7. The molecule has 3 aromatic rings. The number of pyridine rings is 1. The molecule has 0 bridgehead atoms. The number of hydrogen-bond donors (Lipinski definition) is 1. The second kappa shape index (κ2) is 8.50. The van der Waals surface area contributed by atoms with Crippen LogP contribution in [0.3, 0.4) is 0 Å². The van der Waals surface area contributed by atoms with Crippen molar-refractivity contribution in [3.8, 4) is 0 Å². The van der Waals surface area contributed by atoms with Crippen molar-refractivity contribution < 1.29 is 40.7 Å². The number of carbonyl (C=O) groups excluding carboxylic acids is 2. The third-order valence-corrected chi connectivity index (χ3v) is 5.63. The van der Waals surface area contributed by atoms with Crippen LogP contribution in [0.5, 0.6) is 0 Å². The first-order chi connectivity index (χ1) is 16.7. The molecule has 1 atom stereocenters. The van der Waals surface area contributed by atoms with E-state index in [0.717, 1.165) is 23.7 Å². The van der Waals surface area contributed by atoms with Crippen LogP contribution in [0, 0.1) is 0 Å². The summed E-state index contributed by atoms with van der Waals surface area (Å²) < 4.78 is 88.1. The normalized spacial score (nSPS) is 17.9. The number of fused-ring (bicyclic) bond motifs is 3. The molecule has 0 saturated heterocycles. The maximum absolute atomic E-state index is 14.2. The van der Waals surface area contributed by atoms with Gasteiger partial charge in [0.25, 0.3) is 0 Å². The Labute approximate surface area is 203 Å². The van der Waals surface area contributed by atoms with E-state index in [1.807, 2.05) is 0 Å². The summed E-state index contributed by atoms with van der Waals surface area (Å²) in [4.78, 5) is 32.9. The van der Waals surface area contributed by atoms with Gasteiger partial charge in [0.2, 0.25) is 0 Å². The van der Waals surface area contributed by atoms with E-state index in [9.17, 15) is 35.9 Å². The molecular weight excluding hydrogens is 522 g/mol. The molecule has 1 aliphatic heterocycles. The zero-order valence-electron chi connectivity index (χ0n) is 18.3. The van der Waals surface area contributed by atoms with E-state index >= 15 is 0 Å². The van der Waals surface area contributed by atoms with Crippen molar-refractivity contribution in [2.75, 3.05) is 23.4 Å². The first-order valence-corrected chi connectivity index (χ1v) is 10.5. The van der Waals surface area contributed by atoms with Crippen LogP contribution in [0.4, 0.5) is 42.5 Å². The second-order valence-corrected chi connectivity index (χ2v) is 8.31. The Bertz CT molecular complexity index is 1370. The molecule has 0 spiro atoms. The fourth-order valence-corrected chi connectivity index (χ4v) is 3.91. The number of esters is 1. The SMILES string of the molecule is CCOC(=O)c1cc(NC(=O)N2C[C@@](C)(C(F)(F)F)c3c2cnc2cc(Cl)nn32)cc(C(F)(F)F)n1. The highest BCUT2D eigenvalue weighted by molar-refractivity contribution is 6.29. The lowest BCUT2D eigenvalue weighted by atomic mass is 9.88. The van der Waals surface area contributed by atoms with E-state index in [2.05, 4.69) is 25.1 Å². The van der Waals surface area contributed by atoms with Crippen LogP contribution in [0.2, 0.25) is 5.15 Å². The van der Waals surface area contributed by atoms with Gasteiger partial charge in [0.1, 0.15) is 11.1 Å². The lowest BCUT2D eigenvalue weighted by Gasteiger charge is -2.28. The van der Waals surface area contributed by atoms with Gasteiger partial charge in [-0.05, 0) is 26.0 Å².